The number of esters is 1. The highest BCUT2D eigenvalue weighted by molar-refractivity contribution is 7.96. The monoisotopic (exact) mass is 307 g/mol. The molecule has 11 heteroatoms. The third kappa shape index (κ3) is 3.55. The summed E-state index contributed by atoms with van der Waals surface area (Å²) in [5, 5.41) is 7.36. The van der Waals surface area contributed by atoms with E-state index in [1.54, 1.807) is 0 Å². The van der Waals surface area contributed by atoms with E-state index in [4.69, 9.17) is 0 Å². The van der Waals surface area contributed by atoms with Crippen molar-refractivity contribution in [3.05, 3.63) is 0 Å². The van der Waals surface area contributed by atoms with Crippen molar-refractivity contribution in [1.29, 1.82) is 0 Å². The van der Waals surface area contributed by atoms with Gasteiger partial charge < -0.3 is 9.99 Å². The minimum atomic E-state index is -5.71. The smallest absolute Gasteiger partial charge is 0.446 e. The Hall–Kier alpha value is -0.910. The van der Waals surface area contributed by atoms with Crippen molar-refractivity contribution in [3.63, 3.8) is 0 Å². The SMILES string of the molecule is O=C1CCCC1OC(=O)C(F)(SOO[O-])C(F)(F)F. The Kier molecular flexibility index (Phi) is 5.12. The van der Waals surface area contributed by atoms with Crippen LogP contribution in [0.4, 0.5) is 17.6 Å². The van der Waals surface area contributed by atoms with Gasteiger partial charge in [0, 0.05) is 6.42 Å². The van der Waals surface area contributed by atoms with Crippen molar-refractivity contribution in [2.45, 2.75) is 36.5 Å². The quantitative estimate of drug-likeness (QED) is 0.243. The summed E-state index contributed by atoms with van der Waals surface area (Å²) in [5.74, 6) is -2.97. The van der Waals surface area contributed by atoms with Gasteiger partial charge in [0.15, 0.2) is 11.9 Å². The van der Waals surface area contributed by atoms with Gasteiger partial charge in [-0.15, -0.1) is 0 Å². The molecule has 1 saturated carbocycles. The zero-order valence-electron chi connectivity index (χ0n) is 9.07. The first kappa shape index (κ1) is 16.1. The summed E-state index contributed by atoms with van der Waals surface area (Å²) >= 11 is -1.19. The van der Waals surface area contributed by atoms with Crippen LogP contribution in [0, 0.1) is 0 Å². The van der Waals surface area contributed by atoms with Crippen molar-refractivity contribution in [2.24, 2.45) is 0 Å². The molecule has 0 radical (unpaired) electrons. The number of carbonyl (C=O) groups is 2. The molecular weight excluding hydrogens is 300 g/mol. The molecule has 1 aliphatic carbocycles. The minimum Gasteiger partial charge on any atom is -0.691 e. The molecule has 2 unspecified atom stereocenters. The second kappa shape index (κ2) is 6.03. The third-order valence-corrected chi connectivity index (χ3v) is 3.05. The van der Waals surface area contributed by atoms with Crippen LogP contribution in [0.25, 0.3) is 0 Å². The standard InChI is InChI=1S/C8H8F4O6S/c9-7(8(10,11)12,19-18-17-15)6(14)16-5-3-1-2-4(5)13/h5,15H,1-3H2/p-1. The lowest BCUT2D eigenvalue weighted by molar-refractivity contribution is -0.777. The van der Waals surface area contributed by atoms with Crippen LogP contribution in [0.3, 0.4) is 0 Å². The van der Waals surface area contributed by atoms with Gasteiger partial charge in [0.1, 0.15) is 0 Å². The number of ketones is 1. The van der Waals surface area contributed by atoms with Gasteiger partial charge in [-0.2, -0.15) is 17.5 Å². The molecule has 0 spiro atoms. The van der Waals surface area contributed by atoms with Gasteiger partial charge in [-0.25, -0.2) is 9.18 Å². The van der Waals surface area contributed by atoms with E-state index in [1.807, 2.05) is 0 Å². The van der Waals surface area contributed by atoms with Crippen molar-refractivity contribution in [1.82, 2.24) is 0 Å². The van der Waals surface area contributed by atoms with Crippen LogP contribution in [0.5, 0.6) is 0 Å². The molecule has 6 nitrogen and oxygen atoms in total. The van der Waals surface area contributed by atoms with E-state index in [0.29, 0.717) is 6.42 Å². The number of hydrogen-bond donors (Lipinski definition) is 0. The molecule has 0 amide bonds. The summed E-state index contributed by atoms with van der Waals surface area (Å²) in [6.45, 7) is 0. The summed E-state index contributed by atoms with van der Waals surface area (Å²) < 4.78 is 58.2. The van der Waals surface area contributed by atoms with E-state index in [9.17, 15) is 32.4 Å². The van der Waals surface area contributed by atoms with Crippen LogP contribution < -0.4 is 5.26 Å². The van der Waals surface area contributed by atoms with E-state index in [-0.39, 0.29) is 12.8 Å². The Morgan fingerprint density at radius 1 is 1.37 bits per heavy atom. The van der Waals surface area contributed by atoms with Gasteiger partial charge in [0.05, 0.1) is 12.0 Å². The van der Waals surface area contributed by atoms with Gasteiger partial charge in [-0.05, 0) is 12.8 Å². The number of Topliss-reactive ketones (excluding diaryl/α,β-unsaturated/α-hetero) is 1. The summed E-state index contributed by atoms with van der Waals surface area (Å²) in [4.78, 5) is 22.3. The predicted molar refractivity (Wildman–Crippen MR) is 48.4 cm³/mol. The van der Waals surface area contributed by atoms with Crippen LogP contribution in [0.1, 0.15) is 19.3 Å². The largest absolute Gasteiger partial charge is 0.691 e. The topological polar surface area (TPSA) is 84.9 Å². The fourth-order valence-electron chi connectivity index (χ4n) is 1.37. The fourth-order valence-corrected chi connectivity index (χ4v) is 1.70. The maximum Gasteiger partial charge on any atom is 0.446 e. The summed E-state index contributed by atoms with van der Waals surface area (Å²) in [6, 6.07) is 0. The summed E-state index contributed by atoms with van der Waals surface area (Å²) in [6.07, 6.45) is -6.75. The van der Waals surface area contributed by atoms with Crippen LogP contribution in [0.15, 0.2) is 0 Å². The molecule has 1 rings (SSSR count). The van der Waals surface area contributed by atoms with E-state index in [2.05, 4.69) is 14.1 Å². The number of ether oxygens (including phenoxy) is 1. The third-order valence-electron chi connectivity index (χ3n) is 2.30. The molecule has 0 N–H and O–H groups in total. The van der Waals surface area contributed by atoms with Gasteiger partial charge in [0.25, 0.3) is 0 Å². The van der Waals surface area contributed by atoms with Gasteiger partial charge >= 0.3 is 17.1 Å². The van der Waals surface area contributed by atoms with Crippen LogP contribution in [0.2, 0.25) is 0 Å². The minimum absolute atomic E-state index is 0.0160. The molecule has 0 aromatic rings. The molecule has 0 aliphatic heterocycles. The van der Waals surface area contributed by atoms with Gasteiger partial charge in [-0.3, -0.25) is 9.83 Å². The first-order valence-electron chi connectivity index (χ1n) is 4.86. The van der Waals surface area contributed by atoms with E-state index in [1.165, 1.54) is 0 Å². The molecule has 1 aliphatic rings. The van der Waals surface area contributed by atoms with Crippen molar-refractivity contribution in [2.75, 3.05) is 0 Å². The molecule has 2 atom stereocenters. The zero-order chi connectivity index (χ0) is 14.7. The maximum absolute atomic E-state index is 13.6. The number of alkyl halides is 4. The van der Waals surface area contributed by atoms with Crippen LogP contribution in [-0.2, 0) is 23.7 Å². The number of hydrogen-bond acceptors (Lipinski definition) is 7. The molecule has 1 fully saturated rings. The lowest BCUT2D eigenvalue weighted by atomic mass is 10.3. The van der Waals surface area contributed by atoms with E-state index < -0.39 is 41.1 Å². The van der Waals surface area contributed by atoms with Crippen LogP contribution >= 0.6 is 12.0 Å². The maximum atomic E-state index is 13.6. The fraction of sp³-hybridized carbons (Fsp3) is 0.750. The molecule has 19 heavy (non-hydrogen) atoms. The first-order chi connectivity index (χ1) is 8.72. The molecular formula is C8H7F4O6S-. The van der Waals surface area contributed by atoms with Crippen molar-refractivity contribution >= 4 is 23.8 Å². The average Bonchev–Trinajstić information content (AvgIpc) is 2.70. The highest BCUT2D eigenvalue weighted by Gasteiger charge is 2.66. The number of rotatable bonds is 5. The second-order valence-corrected chi connectivity index (χ2v) is 4.43. The van der Waals surface area contributed by atoms with Crippen LogP contribution in [-0.4, -0.2) is 29.0 Å². The average molecular weight is 307 g/mol. The molecule has 0 saturated heterocycles. The molecule has 0 heterocycles. The zero-order valence-corrected chi connectivity index (χ0v) is 9.88. The Labute approximate surface area is 108 Å². The number of carbonyl (C=O) groups excluding carboxylic acids is 2. The summed E-state index contributed by atoms with van der Waals surface area (Å²) in [7, 11) is 0. The Morgan fingerprint density at radius 3 is 2.42 bits per heavy atom. The second-order valence-electron chi connectivity index (χ2n) is 3.56. The predicted octanol–water partition coefficient (Wildman–Crippen LogP) is 0.751. The van der Waals surface area contributed by atoms with Gasteiger partial charge in [0.2, 0.25) is 0 Å². The molecule has 0 bridgehead atoms. The summed E-state index contributed by atoms with van der Waals surface area (Å²) in [5.41, 5.74) is 0. The van der Waals surface area contributed by atoms with Crippen molar-refractivity contribution in [3.8, 4) is 0 Å². The molecule has 0 aromatic carbocycles. The highest BCUT2D eigenvalue weighted by atomic mass is 32.2. The van der Waals surface area contributed by atoms with Crippen molar-refractivity contribution < 1.29 is 46.5 Å². The highest BCUT2D eigenvalue weighted by Crippen LogP contribution is 2.44. The molecule has 110 valence electrons. The first-order valence-corrected chi connectivity index (χ1v) is 5.60. The van der Waals surface area contributed by atoms with E-state index in [0.717, 1.165) is 0 Å². The lowest BCUT2D eigenvalue weighted by Gasteiger charge is -2.25. The van der Waals surface area contributed by atoms with E-state index >= 15 is 0 Å². The molecule has 0 aromatic heterocycles. The van der Waals surface area contributed by atoms with Gasteiger partial charge in [-0.1, -0.05) is 0 Å². The number of halogens is 4. The Balaban J connectivity index is 2.79. The lowest BCUT2D eigenvalue weighted by Crippen LogP contribution is -2.48. The normalized spacial score (nSPS) is 23.2. The Bertz CT molecular complexity index is 362. The Morgan fingerprint density at radius 2 is 2.00 bits per heavy atom.